The minimum absolute atomic E-state index is 0.644. The molecule has 0 radical (unpaired) electrons. The monoisotopic (exact) mass is 511 g/mol. The summed E-state index contributed by atoms with van der Waals surface area (Å²) in [5, 5.41) is 3.76. The molecule has 1 nitrogen and oxygen atoms in total. The van der Waals surface area contributed by atoms with Gasteiger partial charge < -0.3 is 0 Å². The van der Waals surface area contributed by atoms with Crippen molar-refractivity contribution in [3.8, 4) is 33.5 Å². The summed E-state index contributed by atoms with van der Waals surface area (Å²) in [5.41, 5.74) is 11.4. The molecule has 0 saturated carbocycles. The number of rotatable bonds is 5. The lowest BCUT2D eigenvalue weighted by Gasteiger charge is -2.17. The van der Waals surface area contributed by atoms with E-state index in [1.165, 1.54) is 60.0 Å². The molecule has 0 atom stereocenters. The smallest absolute Gasteiger partial charge is 0.124 e. The van der Waals surface area contributed by atoms with Gasteiger partial charge in [0.1, 0.15) is 4.83 Å². The Morgan fingerprint density at radius 3 is 2.13 bits per heavy atom. The highest BCUT2D eigenvalue weighted by Gasteiger charge is 2.17. The van der Waals surface area contributed by atoms with Crippen molar-refractivity contribution in [3.63, 3.8) is 0 Å². The van der Waals surface area contributed by atoms with Crippen LogP contribution in [0, 0.1) is 26.7 Å². The van der Waals surface area contributed by atoms with E-state index in [2.05, 4.69) is 126 Å². The Morgan fingerprint density at radius 1 is 0.684 bits per heavy atom. The van der Waals surface area contributed by atoms with E-state index in [0.29, 0.717) is 5.92 Å². The molecule has 38 heavy (non-hydrogen) atoms. The van der Waals surface area contributed by atoms with Crippen LogP contribution in [0.25, 0.3) is 54.5 Å². The summed E-state index contributed by atoms with van der Waals surface area (Å²) in [6.07, 6.45) is 1.11. The molecular weight excluding hydrogens is 478 g/mol. The van der Waals surface area contributed by atoms with E-state index in [1.54, 1.807) is 11.3 Å². The molecule has 0 amide bonds. The zero-order valence-corrected chi connectivity index (χ0v) is 23.6. The fourth-order valence-corrected chi connectivity index (χ4v) is 6.78. The van der Waals surface area contributed by atoms with E-state index in [1.807, 2.05) is 0 Å². The van der Waals surface area contributed by atoms with Crippen LogP contribution in [0.2, 0.25) is 0 Å². The Hall–Kier alpha value is -3.75. The number of thiophene rings is 1. The summed E-state index contributed by atoms with van der Waals surface area (Å²) in [5.74, 6) is 0.644. The Labute approximate surface area is 229 Å². The van der Waals surface area contributed by atoms with Crippen LogP contribution in [-0.4, -0.2) is 4.98 Å². The highest BCUT2D eigenvalue weighted by atomic mass is 32.1. The molecular formula is C36H33NS. The van der Waals surface area contributed by atoms with Crippen molar-refractivity contribution in [2.75, 3.05) is 0 Å². The van der Waals surface area contributed by atoms with Crippen LogP contribution < -0.4 is 0 Å². The average Bonchev–Trinajstić information content (AvgIpc) is 3.28. The Balaban J connectivity index is 1.60. The van der Waals surface area contributed by atoms with E-state index in [0.717, 1.165) is 22.5 Å². The number of aromatic nitrogens is 1. The molecule has 0 N–H and O–H groups in total. The van der Waals surface area contributed by atoms with Crippen molar-refractivity contribution < 1.29 is 0 Å². The number of fused-ring (bicyclic) bond motifs is 2. The second kappa shape index (κ2) is 9.85. The maximum absolute atomic E-state index is 5.23. The Kier molecular flexibility index (Phi) is 6.37. The summed E-state index contributed by atoms with van der Waals surface area (Å²) in [6.45, 7) is 11.3. The predicted octanol–water partition coefficient (Wildman–Crippen LogP) is 10.6. The number of aryl methyl sites for hydroxylation is 3. The van der Waals surface area contributed by atoms with Crippen molar-refractivity contribution in [1.29, 1.82) is 0 Å². The van der Waals surface area contributed by atoms with Gasteiger partial charge >= 0.3 is 0 Å². The average molecular weight is 512 g/mol. The molecule has 0 aliphatic heterocycles. The van der Waals surface area contributed by atoms with Gasteiger partial charge in [-0.2, -0.15) is 0 Å². The molecule has 6 rings (SSSR count). The van der Waals surface area contributed by atoms with E-state index >= 15 is 0 Å². The SMILES string of the molecule is Cc1cc2c(-c3c(C)cc(CC(C)C)cc3C)cc(-c3cc(-c4ccccc4)c4ccccc4c3)nc2s1. The molecule has 0 fully saturated rings. The molecule has 0 bridgehead atoms. The van der Waals surface area contributed by atoms with Crippen LogP contribution in [0.4, 0.5) is 0 Å². The van der Waals surface area contributed by atoms with E-state index in [9.17, 15) is 0 Å². The van der Waals surface area contributed by atoms with Gasteiger partial charge in [0.25, 0.3) is 0 Å². The van der Waals surface area contributed by atoms with Gasteiger partial charge in [-0.1, -0.05) is 80.6 Å². The third-order valence-electron chi connectivity index (χ3n) is 7.38. The molecule has 2 heterocycles. The Bertz CT molecular complexity index is 1770. The third kappa shape index (κ3) is 4.54. The molecule has 0 unspecified atom stereocenters. The van der Waals surface area contributed by atoms with Gasteiger partial charge in [-0.3, -0.25) is 0 Å². The maximum Gasteiger partial charge on any atom is 0.124 e. The Morgan fingerprint density at radius 2 is 1.39 bits per heavy atom. The third-order valence-corrected chi connectivity index (χ3v) is 8.32. The number of pyridine rings is 1. The lowest BCUT2D eigenvalue weighted by Crippen LogP contribution is -1.98. The van der Waals surface area contributed by atoms with Gasteiger partial charge in [0, 0.05) is 15.8 Å². The fourth-order valence-electron chi connectivity index (χ4n) is 5.87. The van der Waals surface area contributed by atoms with Gasteiger partial charge in [-0.05, 0) is 107 Å². The lowest BCUT2D eigenvalue weighted by atomic mass is 9.89. The number of hydrogen-bond donors (Lipinski definition) is 0. The van der Waals surface area contributed by atoms with Crippen LogP contribution in [-0.2, 0) is 6.42 Å². The minimum atomic E-state index is 0.644. The first kappa shape index (κ1) is 24.6. The van der Waals surface area contributed by atoms with Gasteiger partial charge in [-0.25, -0.2) is 4.98 Å². The van der Waals surface area contributed by atoms with Gasteiger partial charge in [0.15, 0.2) is 0 Å². The standard InChI is InChI=1S/C36H33NS/c1-22(2)15-26-16-23(3)35(24(4)17-26)32-21-34(37-36-33(32)18-25(5)38-36)29-19-28-13-9-10-14-30(28)31(20-29)27-11-7-6-8-12-27/h6-14,16-22H,15H2,1-5H3. The minimum Gasteiger partial charge on any atom is -0.237 e. The summed E-state index contributed by atoms with van der Waals surface area (Å²) >= 11 is 1.79. The van der Waals surface area contributed by atoms with Crippen molar-refractivity contribution in [3.05, 3.63) is 113 Å². The molecule has 2 heteroatoms. The van der Waals surface area contributed by atoms with Crippen LogP contribution in [0.3, 0.4) is 0 Å². The van der Waals surface area contributed by atoms with Crippen molar-refractivity contribution >= 4 is 32.3 Å². The second-order valence-electron chi connectivity index (χ2n) is 10.9. The molecule has 0 aliphatic rings. The van der Waals surface area contributed by atoms with Gasteiger partial charge in [0.05, 0.1) is 5.69 Å². The lowest BCUT2D eigenvalue weighted by molar-refractivity contribution is 0.647. The quantitative estimate of drug-likeness (QED) is 0.224. The van der Waals surface area contributed by atoms with E-state index in [-0.39, 0.29) is 0 Å². The predicted molar refractivity (Wildman–Crippen MR) is 166 cm³/mol. The summed E-state index contributed by atoms with van der Waals surface area (Å²) in [4.78, 5) is 7.63. The summed E-state index contributed by atoms with van der Waals surface area (Å²) < 4.78 is 0. The van der Waals surface area contributed by atoms with Crippen LogP contribution >= 0.6 is 11.3 Å². The topological polar surface area (TPSA) is 12.9 Å². The summed E-state index contributed by atoms with van der Waals surface area (Å²) in [6, 6.07) is 33.4. The molecule has 4 aromatic carbocycles. The largest absolute Gasteiger partial charge is 0.237 e. The first-order valence-electron chi connectivity index (χ1n) is 13.5. The van der Waals surface area contributed by atoms with Gasteiger partial charge in [-0.15, -0.1) is 11.3 Å². The van der Waals surface area contributed by atoms with Crippen molar-refractivity contribution in [2.24, 2.45) is 5.92 Å². The molecule has 0 aliphatic carbocycles. The highest BCUT2D eigenvalue weighted by molar-refractivity contribution is 7.18. The first-order valence-corrected chi connectivity index (χ1v) is 14.3. The number of hydrogen-bond acceptors (Lipinski definition) is 2. The highest BCUT2D eigenvalue weighted by Crippen LogP contribution is 2.41. The van der Waals surface area contributed by atoms with E-state index in [4.69, 9.17) is 4.98 Å². The van der Waals surface area contributed by atoms with Crippen molar-refractivity contribution in [1.82, 2.24) is 4.98 Å². The molecule has 0 spiro atoms. The zero-order chi connectivity index (χ0) is 26.4. The maximum atomic E-state index is 5.23. The van der Waals surface area contributed by atoms with Crippen LogP contribution in [0.5, 0.6) is 0 Å². The zero-order valence-electron chi connectivity index (χ0n) is 22.8. The van der Waals surface area contributed by atoms with Crippen LogP contribution in [0.15, 0.2) is 91.0 Å². The van der Waals surface area contributed by atoms with Gasteiger partial charge in [0.2, 0.25) is 0 Å². The van der Waals surface area contributed by atoms with Crippen LogP contribution in [0.1, 0.15) is 35.4 Å². The molecule has 0 saturated heterocycles. The van der Waals surface area contributed by atoms with Crippen molar-refractivity contribution in [2.45, 2.75) is 41.0 Å². The first-order chi connectivity index (χ1) is 18.4. The number of nitrogens with zero attached hydrogens (tertiary/aromatic N) is 1. The summed E-state index contributed by atoms with van der Waals surface area (Å²) in [7, 11) is 0. The normalized spacial score (nSPS) is 11.6. The molecule has 2 aromatic heterocycles. The number of benzene rings is 4. The van der Waals surface area contributed by atoms with E-state index < -0.39 is 0 Å². The second-order valence-corrected chi connectivity index (χ2v) is 12.2. The molecule has 6 aromatic rings. The molecule has 188 valence electrons. The fraction of sp³-hybridized carbons (Fsp3) is 0.194.